The van der Waals surface area contributed by atoms with E-state index < -0.39 is 0 Å². The van der Waals surface area contributed by atoms with Gasteiger partial charge >= 0.3 is 0 Å². The molecule has 0 amide bonds. The molecule has 2 N–H and O–H groups in total. The molecule has 1 atom stereocenters. The van der Waals surface area contributed by atoms with E-state index in [1.54, 1.807) is 13.0 Å². The molecule has 2 nitrogen and oxygen atoms in total. The van der Waals surface area contributed by atoms with Crippen LogP contribution in [-0.2, 0) is 6.42 Å². The van der Waals surface area contributed by atoms with Crippen molar-refractivity contribution >= 4 is 5.69 Å². The third kappa shape index (κ3) is 1.52. The molecule has 3 heteroatoms. The Morgan fingerprint density at radius 1 is 1.54 bits per heavy atom. The average molecular weight is 181 g/mol. The number of benzene rings is 1. The second-order valence-electron chi connectivity index (χ2n) is 3.50. The van der Waals surface area contributed by atoms with Gasteiger partial charge in [0, 0.05) is 18.7 Å². The molecule has 70 valence electrons. The van der Waals surface area contributed by atoms with Crippen molar-refractivity contribution in [3.05, 3.63) is 29.1 Å². The molecule has 1 aromatic rings. The van der Waals surface area contributed by atoms with Crippen LogP contribution in [0.5, 0.6) is 0 Å². The van der Waals surface area contributed by atoms with Crippen molar-refractivity contribution in [2.24, 2.45) is 0 Å². The van der Waals surface area contributed by atoms with Gasteiger partial charge in [0.2, 0.25) is 0 Å². The summed E-state index contributed by atoms with van der Waals surface area (Å²) in [5, 5.41) is 12.4. The third-order valence-electron chi connectivity index (χ3n) is 2.37. The van der Waals surface area contributed by atoms with Crippen LogP contribution in [0.4, 0.5) is 10.1 Å². The standard InChI is InChI=1S/C10H12FNO/c1-6-2-7-3-8(13)5-12-10(7)4-9(6)11/h2,4,8,12-13H,3,5H2,1H3. The van der Waals surface area contributed by atoms with Crippen molar-refractivity contribution in [3.8, 4) is 0 Å². The van der Waals surface area contributed by atoms with E-state index in [0.29, 0.717) is 18.5 Å². The highest BCUT2D eigenvalue weighted by Crippen LogP contribution is 2.24. The zero-order chi connectivity index (χ0) is 9.42. The molecule has 1 aliphatic heterocycles. The summed E-state index contributed by atoms with van der Waals surface area (Å²) in [7, 11) is 0. The Balaban J connectivity index is 2.43. The van der Waals surface area contributed by atoms with Gasteiger partial charge in [-0.25, -0.2) is 4.39 Å². The lowest BCUT2D eigenvalue weighted by molar-refractivity contribution is 0.184. The molecule has 0 saturated heterocycles. The molecule has 0 aliphatic carbocycles. The number of nitrogens with one attached hydrogen (secondary N) is 1. The maximum Gasteiger partial charge on any atom is 0.128 e. The first-order valence-electron chi connectivity index (χ1n) is 4.38. The number of anilines is 1. The zero-order valence-corrected chi connectivity index (χ0v) is 7.47. The maximum absolute atomic E-state index is 13.1. The number of halogens is 1. The van der Waals surface area contributed by atoms with Gasteiger partial charge in [0.15, 0.2) is 0 Å². The second kappa shape index (κ2) is 3.00. The zero-order valence-electron chi connectivity index (χ0n) is 7.47. The monoisotopic (exact) mass is 181 g/mol. The number of hydrogen-bond acceptors (Lipinski definition) is 2. The Hall–Kier alpha value is -1.09. The van der Waals surface area contributed by atoms with E-state index in [0.717, 1.165) is 11.3 Å². The van der Waals surface area contributed by atoms with Crippen LogP contribution >= 0.6 is 0 Å². The lowest BCUT2D eigenvalue weighted by Crippen LogP contribution is -2.27. The summed E-state index contributed by atoms with van der Waals surface area (Å²) >= 11 is 0. The molecule has 0 spiro atoms. The van der Waals surface area contributed by atoms with Crippen LogP contribution in [0.3, 0.4) is 0 Å². The average Bonchev–Trinajstić information content (AvgIpc) is 2.08. The van der Waals surface area contributed by atoms with Crippen LogP contribution in [-0.4, -0.2) is 17.8 Å². The molecule has 0 aromatic heterocycles. The third-order valence-corrected chi connectivity index (χ3v) is 2.37. The predicted molar refractivity (Wildman–Crippen MR) is 49.3 cm³/mol. The molecule has 13 heavy (non-hydrogen) atoms. The second-order valence-corrected chi connectivity index (χ2v) is 3.50. The minimum atomic E-state index is -0.350. The molecular weight excluding hydrogens is 169 g/mol. The lowest BCUT2D eigenvalue weighted by Gasteiger charge is -2.22. The Labute approximate surface area is 76.4 Å². The lowest BCUT2D eigenvalue weighted by atomic mass is 9.99. The van der Waals surface area contributed by atoms with Gasteiger partial charge < -0.3 is 10.4 Å². The highest BCUT2D eigenvalue weighted by molar-refractivity contribution is 5.55. The normalized spacial score (nSPS) is 20.7. The molecule has 0 radical (unpaired) electrons. The van der Waals surface area contributed by atoms with E-state index in [1.165, 1.54) is 6.07 Å². The molecule has 2 rings (SSSR count). The van der Waals surface area contributed by atoms with Crippen molar-refractivity contribution in [2.75, 3.05) is 11.9 Å². The molecule has 1 aliphatic rings. The largest absolute Gasteiger partial charge is 0.391 e. The molecule has 0 saturated carbocycles. The SMILES string of the molecule is Cc1cc2c(cc1F)NCC(O)C2. The summed E-state index contributed by atoms with van der Waals surface area (Å²) in [6, 6.07) is 3.29. The number of fused-ring (bicyclic) bond motifs is 1. The molecule has 1 heterocycles. The Kier molecular flexibility index (Phi) is 1.96. The van der Waals surface area contributed by atoms with Crippen molar-refractivity contribution in [2.45, 2.75) is 19.4 Å². The van der Waals surface area contributed by atoms with Crippen LogP contribution in [0.25, 0.3) is 0 Å². The number of hydrogen-bond donors (Lipinski definition) is 2. The van der Waals surface area contributed by atoms with Crippen molar-refractivity contribution in [1.29, 1.82) is 0 Å². The van der Waals surface area contributed by atoms with E-state index >= 15 is 0 Å². The molecule has 1 unspecified atom stereocenters. The fourth-order valence-electron chi connectivity index (χ4n) is 1.63. The van der Waals surface area contributed by atoms with Gasteiger partial charge in [-0.1, -0.05) is 6.07 Å². The molecule has 0 bridgehead atoms. The number of aliphatic hydroxyl groups excluding tert-OH is 1. The van der Waals surface area contributed by atoms with Crippen molar-refractivity contribution < 1.29 is 9.50 Å². The van der Waals surface area contributed by atoms with Crippen molar-refractivity contribution in [1.82, 2.24) is 0 Å². The van der Waals surface area contributed by atoms with Crippen LogP contribution in [0, 0.1) is 12.7 Å². The molecular formula is C10H12FNO. The van der Waals surface area contributed by atoms with Gasteiger partial charge in [-0.05, 0) is 24.1 Å². The first kappa shape index (κ1) is 8.51. The molecule has 1 aromatic carbocycles. The van der Waals surface area contributed by atoms with Crippen LogP contribution in [0.1, 0.15) is 11.1 Å². The van der Waals surface area contributed by atoms with E-state index in [1.807, 2.05) is 0 Å². The van der Waals surface area contributed by atoms with E-state index in [-0.39, 0.29) is 11.9 Å². The fraction of sp³-hybridized carbons (Fsp3) is 0.400. The van der Waals surface area contributed by atoms with E-state index in [4.69, 9.17) is 0 Å². The number of aryl methyl sites for hydroxylation is 1. The Bertz CT molecular complexity index is 338. The first-order valence-corrected chi connectivity index (χ1v) is 4.38. The van der Waals surface area contributed by atoms with Gasteiger partial charge in [0.1, 0.15) is 5.82 Å². The number of β-amino-alcohol motifs (C(OH)–C–C–N with tert-alkyl or cyclic N) is 1. The van der Waals surface area contributed by atoms with Gasteiger partial charge in [-0.3, -0.25) is 0 Å². The highest BCUT2D eigenvalue weighted by Gasteiger charge is 2.16. The van der Waals surface area contributed by atoms with Crippen LogP contribution in [0.15, 0.2) is 12.1 Å². The summed E-state index contributed by atoms with van der Waals surface area (Å²) in [5.74, 6) is -0.192. The molecule has 0 fully saturated rings. The van der Waals surface area contributed by atoms with Gasteiger partial charge in [-0.2, -0.15) is 0 Å². The topological polar surface area (TPSA) is 32.3 Å². The minimum Gasteiger partial charge on any atom is -0.391 e. The number of aliphatic hydroxyl groups is 1. The van der Waals surface area contributed by atoms with Crippen LogP contribution < -0.4 is 5.32 Å². The predicted octanol–water partition coefficient (Wildman–Crippen LogP) is 1.46. The van der Waals surface area contributed by atoms with Gasteiger partial charge in [0.25, 0.3) is 0 Å². The van der Waals surface area contributed by atoms with E-state index in [9.17, 15) is 9.50 Å². The summed E-state index contributed by atoms with van der Waals surface area (Å²) in [5.41, 5.74) is 2.45. The Morgan fingerprint density at radius 3 is 3.08 bits per heavy atom. The number of rotatable bonds is 0. The first-order chi connectivity index (χ1) is 6.16. The highest BCUT2D eigenvalue weighted by atomic mass is 19.1. The summed E-state index contributed by atoms with van der Waals surface area (Å²) in [6.45, 7) is 2.24. The van der Waals surface area contributed by atoms with E-state index in [2.05, 4.69) is 5.32 Å². The van der Waals surface area contributed by atoms with Crippen molar-refractivity contribution in [3.63, 3.8) is 0 Å². The quantitative estimate of drug-likeness (QED) is 0.635. The maximum atomic E-state index is 13.1. The van der Waals surface area contributed by atoms with Crippen LogP contribution in [0.2, 0.25) is 0 Å². The summed E-state index contributed by atoms with van der Waals surface area (Å²) in [4.78, 5) is 0. The summed E-state index contributed by atoms with van der Waals surface area (Å²) in [6.07, 6.45) is 0.265. The smallest absolute Gasteiger partial charge is 0.128 e. The van der Waals surface area contributed by atoms with Gasteiger partial charge in [-0.15, -0.1) is 0 Å². The minimum absolute atomic E-state index is 0.192. The Morgan fingerprint density at radius 2 is 2.31 bits per heavy atom. The van der Waals surface area contributed by atoms with Gasteiger partial charge in [0.05, 0.1) is 6.10 Å². The summed E-state index contributed by atoms with van der Waals surface area (Å²) < 4.78 is 13.1. The fourth-order valence-corrected chi connectivity index (χ4v) is 1.63.